The van der Waals surface area contributed by atoms with Crippen LogP contribution >= 0.6 is 0 Å². The van der Waals surface area contributed by atoms with Gasteiger partial charge in [-0.1, -0.05) is 30.3 Å². The lowest BCUT2D eigenvalue weighted by Crippen LogP contribution is -2.22. The molecule has 0 aliphatic rings. The minimum Gasteiger partial charge on any atom is -0.440 e. The van der Waals surface area contributed by atoms with Crippen LogP contribution in [-0.2, 0) is 4.79 Å². The van der Waals surface area contributed by atoms with Gasteiger partial charge in [0.15, 0.2) is 0 Å². The predicted octanol–water partition coefficient (Wildman–Crippen LogP) is 3.24. The average Bonchev–Trinajstić information content (AvgIpc) is 2.71. The smallest absolute Gasteiger partial charge is 0.225 e. The van der Waals surface area contributed by atoms with Crippen molar-refractivity contribution in [3.8, 4) is 11.3 Å². The maximum Gasteiger partial charge on any atom is 0.225 e. The largest absolute Gasteiger partial charge is 0.440 e. The number of nitrogens with zero attached hydrogens (tertiary/aromatic N) is 1. The van der Waals surface area contributed by atoms with Gasteiger partial charge in [0.05, 0.1) is 0 Å². The normalized spacial score (nSPS) is 10.3. The Morgan fingerprint density at radius 1 is 1.24 bits per heavy atom. The van der Waals surface area contributed by atoms with Crippen LogP contribution in [0.1, 0.15) is 12.5 Å². The summed E-state index contributed by atoms with van der Waals surface area (Å²) < 4.78 is 5.73. The fourth-order valence-electron chi connectivity index (χ4n) is 1.69. The highest BCUT2D eigenvalue weighted by Gasteiger charge is 2.15. The molecule has 0 saturated carbocycles. The van der Waals surface area contributed by atoms with Crippen molar-refractivity contribution >= 4 is 11.8 Å². The molecule has 0 spiro atoms. The number of carbonyl (C=O) groups excluding carboxylic acids is 1. The number of furan rings is 1. The highest BCUT2D eigenvalue weighted by atomic mass is 16.4. The summed E-state index contributed by atoms with van der Waals surface area (Å²) in [5.74, 6) is 1.35. The molecule has 2 aromatic rings. The maximum absolute atomic E-state index is 11.3. The number of anilines is 1. The number of rotatable bonds is 2. The van der Waals surface area contributed by atoms with E-state index < -0.39 is 0 Å². The van der Waals surface area contributed by atoms with E-state index >= 15 is 0 Å². The van der Waals surface area contributed by atoms with E-state index in [-0.39, 0.29) is 5.91 Å². The van der Waals surface area contributed by atoms with E-state index in [9.17, 15) is 4.79 Å². The molecule has 1 heterocycles. The Morgan fingerprint density at radius 2 is 1.88 bits per heavy atom. The molecule has 0 unspecified atom stereocenters. The van der Waals surface area contributed by atoms with Crippen LogP contribution in [0, 0.1) is 6.92 Å². The fourth-order valence-corrected chi connectivity index (χ4v) is 1.69. The molecule has 0 radical (unpaired) electrons. The molecule has 1 aromatic heterocycles. The van der Waals surface area contributed by atoms with Gasteiger partial charge >= 0.3 is 0 Å². The Hall–Kier alpha value is -2.03. The summed E-state index contributed by atoms with van der Waals surface area (Å²) in [7, 11) is 1.71. The summed E-state index contributed by atoms with van der Waals surface area (Å²) >= 11 is 0. The second-order valence-electron chi connectivity index (χ2n) is 4.04. The third-order valence-electron chi connectivity index (χ3n) is 2.73. The maximum atomic E-state index is 11.3. The van der Waals surface area contributed by atoms with Crippen LogP contribution in [-0.4, -0.2) is 13.0 Å². The number of aryl methyl sites for hydroxylation is 1. The first-order valence-corrected chi connectivity index (χ1v) is 5.49. The fraction of sp³-hybridized carbons (Fsp3) is 0.214. The van der Waals surface area contributed by atoms with Gasteiger partial charge in [-0.15, -0.1) is 0 Å². The van der Waals surface area contributed by atoms with Gasteiger partial charge in [-0.05, 0) is 13.0 Å². The Morgan fingerprint density at radius 3 is 2.47 bits per heavy atom. The van der Waals surface area contributed by atoms with E-state index in [1.54, 1.807) is 7.05 Å². The second-order valence-corrected chi connectivity index (χ2v) is 4.04. The molecule has 3 nitrogen and oxygen atoms in total. The molecule has 17 heavy (non-hydrogen) atoms. The van der Waals surface area contributed by atoms with Crippen molar-refractivity contribution in [1.29, 1.82) is 0 Å². The Labute approximate surface area is 101 Å². The Balaban J connectivity index is 2.41. The van der Waals surface area contributed by atoms with Gasteiger partial charge < -0.3 is 4.42 Å². The number of amides is 1. The third kappa shape index (κ3) is 2.23. The molecule has 0 bridgehead atoms. The number of hydrogen-bond donors (Lipinski definition) is 0. The first kappa shape index (κ1) is 11.5. The minimum atomic E-state index is -0.0398. The van der Waals surface area contributed by atoms with Crippen LogP contribution < -0.4 is 4.90 Å². The van der Waals surface area contributed by atoms with Gasteiger partial charge in [-0.2, -0.15) is 0 Å². The van der Waals surface area contributed by atoms with Crippen LogP contribution in [0.4, 0.5) is 5.88 Å². The molecule has 1 aromatic carbocycles. The highest BCUT2D eigenvalue weighted by molar-refractivity contribution is 5.90. The molecule has 3 heteroatoms. The lowest BCUT2D eigenvalue weighted by molar-refractivity contribution is -0.116. The number of carbonyl (C=O) groups is 1. The van der Waals surface area contributed by atoms with Crippen molar-refractivity contribution in [3.63, 3.8) is 0 Å². The highest BCUT2D eigenvalue weighted by Crippen LogP contribution is 2.30. The molecular formula is C14H15NO2. The molecule has 0 N–H and O–H groups in total. The molecule has 0 aliphatic heterocycles. The lowest BCUT2D eigenvalue weighted by Gasteiger charge is -2.11. The third-order valence-corrected chi connectivity index (χ3v) is 2.73. The first-order valence-electron chi connectivity index (χ1n) is 5.49. The standard InChI is InChI=1S/C14H15NO2/c1-10-9-13(12-7-5-4-6-8-12)17-14(10)15(3)11(2)16/h4-9H,1-3H3. The van der Waals surface area contributed by atoms with Gasteiger partial charge in [0, 0.05) is 25.1 Å². The zero-order valence-corrected chi connectivity index (χ0v) is 10.2. The monoisotopic (exact) mass is 229 g/mol. The SMILES string of the molecule is CC(=O)N(C)c1oc(-c2ccccc2)cc1C. The van der Waals surface area contributed by atoms with Crippen LogP contribution in [0.5, 0.6) is 0 Å². The van der Waals surface area contributed by atoms with E-state index in [0.29, 0.717) is 5.88 Å². The van der Waals surface area contributed by atoms with Gasteiger partial charge in [0.1, 0.15) is 5.76 Å². The van der Waals surface area contributed by atoms with Gasteiger partial charge in [-0.3, -0.25) is 9.69 Å². The number of hydrogen-bond acceptors (Lipinski definition) is 2. The summed E-state index contributed by atoms with van der Waals surface area (Å²) in [6.07, 6.45) is 0. The van der Waals surface area contributed by atoms with E-state index in [2.05, 4.69) is 0 Å². The van der Waals surface area contributed by atoms with E-state index in [0.717, 1.165) is 16.9 Å². The summed E-state index contributed by atoms with van der Waals surface area (Å²) in [6.45, 7) is 3.45. The lowest BCUT2D eigenvalue weighted by atomic mass is 10.1. The van der Waals surface area contributed by atoms with Crippen LogP contribution in [0.25, 0.3) is 11.3 Å². The van der Waals surface area contributed by atoms with Crippen molar-refractivity contribution in [3.05, 3.63) is 42.0 Å². The van der Waals surface area contributed by atoms with Crippen molar-refractivity contribution in [2.24, 2.45) is 0 Å². The summed E-state index contributed by atoms with van der Waals surface area (Å²) in [5.41, 5.74) is 1.97. The number of benzene rings is 1. The first-order chi connectivity index (χ1) is 8.09. The van der Waals surface area contributed by atoms with Crippen molar-refractivity contribution in [2.75, 3.05) is 11.9 Å². The van der Waals surface area contributed by atoms with E-state index in [4.69, 9.17) is 4.42 Å². The summed E-state index contributed by atoms with van der Waals surface area (Å²) in [4.78, 5) is 12.8. The van der Waals surface area contributed by atoms with Crippen LogP contribution in [0.3, 0.4) is 0 Å². The molecule has 0 aliphatic carbocycles. The predicted molar refractivity (Wildman–Crippen MR) is 68.0 cm³/mol. The van der Waals surface area contributed by atoms with Crippen molar-refractivity contribution in [2.45, 2.75) is 13.8 Å². The van der Waals surface area contributed by atoms with Gasteiger partial charge in [-0.25, -0.2) is 0 Å². The Kier molecular flexibility index (Phi) is 3.00. The van der Waals surface area contributed by atoms with Gasteiger partial charge in [0.25, 0.3) is 0 Å². The summed E-state index contributed by atoms with van der Waals surface area (Å²) in [6, 6.07) is 11.8. The average molecular weight is 229 g/mol. The zero-order valence-electron chi connectivity index (χ0n) is 10.2. The molecule has 0 fully saturated rings. The molecule has 0 saturated heterocycles. The minimum absolute atomic E-state index is 0.0398. The summed E-state index contributed by atoms with van der Waals surface area (Å²) in [5, 5.41) is 0. The van der Waals surface area contributed by atoms with Crippen molar-refractivity contribution in [1.82, 2.24) is 0 Å². The molecule has 1 amide bonds. The van der Waals surface area contributed by atoms with Crippen molar-refractivity contribution < 1.29 is 9.21 Å². The van der Waals surface area contributed by atoms with E-state index in [1.165, 1.54) is 11.8 Å². The van der Waals surface area contributed by atoms with E-state index in [1.807, 2.05) is 43.3 Å². The topological polar surface area (TPSA) is 33.5 Å². The zero-order chi connectivity index (χ0) is 12.4. The Bertz CT molecular complexity index is 528. The van der Waals surface area contributed by atoms with Crippen LogP contribution in [0.2, 0.25) is 0 Å². The van der Waals surface area contributed by atoms with Crippen LogP contribution in [0.15, 0.2) is 40.8 Å². The van der Waals surface area contributed by atoms with Gasteiger partial charge in [0.2, 0.25) is 11.8 Å². The molecule has 2 rings (SSSR count). The molecular weight excluding hydrogens is 214 g/mol. The molecule has 0 atom stereocenters. The molecule has 88 valence electrons. The quantitative estimate of drug-likeness (QED) is 0.792. The second kappa shape index (κ2) is 4.45.